The minimum absolute atomic E-state index is 0.457. The molecule has 0 saturated heterocycles. The Kier molecular flexibility index (Phi) is 9.79. The van der Waals surface area contributed by atoms with E-state index < -0.39 is 25.8 Å². The number of nitriles is 2. The predicted octanol–water partition coefficient (Wildman–Crippen LogP) is 8.80. The first-order valence-electron chi connectivity index (χ1n) is 16.7. The Hall–Kier alpha value is -5.62. The molecule has 238 valence electrons. The van der Waals surface area contributed by atoms with E-state index in [1.165, 1.54) is 0 Å². The van der Waals surface area contributed by atoms with Crippen LogP contribution in [0.1, 0.15) is 22.4 Å². The number of hydrogen-bond donors (Lipinski definition) is 0. The van der Waals surface area contributed by atoms with Crippen molar-refractivity contribution in [2.45, 2.75) is 11.3 Å². The van der Waals surface area contributed by atoms with Gasteiger partial charge in [-0.25, -0.2) is 0 Å². The first-order valence-corrected chi connectivity index (χ1v) is 20.5. The van der Waals surface area contributed by atoms with Gasteiger partial charge in [-0.3, -0.25) is 0 Å². The Morgan fingerprint density at radius 1 is 0.280 bits per heavy atom. The lowest BCUT2D eigenvalue weighted by molar-refractivity contribution is 1.16. The van der Waals surface area contributed by atoms with Crippen molar-refractivity contribution >= 4 is 46.4 Å². The van der Waals surface area contributed by atoms with Crippen molar-refractivity contribution in [2.24, 2.45) is 0 Å². The molecular formula is C46H36N2P2+2. The molecule has 0 amide bonds. The minimum Gasteiger partial charge on any atom is -0.193 e. The quantitative estimate of drug-likeness (QED) is 0.136. The molecule has 0 radical (unpaired) electrons. The van der Waals surface area contributed by atoms with Gasteiger partial charge in [0.05, 0.1) is 0 Å². The van der Waals surface area contributed by atoms with Crippen molar-refractivity contribution in [1.29, 1.82) is 10.5 Å². The van der Waals surface area contributed by atoms with E-state index in [-0.39, 0.29) is 0 Å². The molecule has 7 aromatic rings. The average molecular weight is 679 g/mol. The zero-order valence-electron chi connectivity index (χ0n) is 27.6. The van der Waals surface area contributed by atoms with Crippen LogP contribution in [0, 0.1) is 22.7 Å². The highest BCUT2D eigenvalue weighted by Crippen LogP contribution is 2.68. The molecule has 2 atom stereocenters. The van der Waals surface area contributed by atoms with Crippen LogP contribution in [0.25, 0.3) is 0 Å². The number of benzene rings is 7. The summed E-state index contributed by atoms with van der Waals surface area (Å²) >= 11 is 0. The molecule has 0 aliphatic heterocycles. The molecule has 4 heteroatoms. The van der Waals surface area contributed by atoms with Gasteiger partial charge in [-0.2, -0.15) is 10.5 Å². The maximum atomic E-state index is 11.2. The van der Waals surface area contributed by atoms with Gasteiger partial charge in [-0.15, -0.1) is 0 Å². The Morgan fingerprint density at radius 2 is 0.460 bits per heavy atom. The first kappa shape index (κ1) is 32.9. The molecule has 0 aromatic heterocycles. The summed E-state index contributed by atoms with van der Waals surface area (Å²) in [4.78, 5) is 0. The Bertz CT molecular complexity index is 1860. The molecule has 0 fully saturated rings. The van der Waals surface area contributed by atoms with Gasteiger partial charge in [-0.05, 0) is 72.8 Å². The summed E-state index contributed by atoms with van der Waals surface area (Å²) in [6.07, 6.45) is 0. The van der Waals surface area contributed by atoms with E-state index in [4.69, 9.17) is 0 Å². The summed E-state index contributed by atoms with van der Waals surface area (Å²) in [5.74, 6) is 0. The van der Waals surface area contributed by atoms with Crippen molar-refractivity contribution in [3.05, 3.63) is 217 Å². The molecule has 50 heavy (non-hydrogen) atoms. The van der Waals surface area contributed by atoms with E-state index in [1.807, 2.05) is 36.4 Å². The van der Waals surface area contributed by atoms with Gasteiger partial charge in [0.25, 0.3) is 0 Å². The first-order chi connectivity index (χ1) is 24.7. The van der Waals surface area contributed by atoms with E-state index in [0.717, 1.165) is 43.0 Å². The molecule has 0 aliphatic rings. The summed E-state index contributed by atoms with van der Waals surface area (Å²) < 4.78 is 0. The standard InChI is InChI=1S/C46H36N2P2/c47-35-45(49(39-19-7-1-8-20-39,40-21-9-2-10-22-40)41-23-11-3-12-24-41)37-31-33-38(34-32-37)46(36-48)50(42-25-13-4-14-26-42,43-27-15-5-16-28-43)44-29-17-6-18-30-44/h1-34,45-46H/q+2. The third-order valence-electron chi connectivity index (χ3n) is 9.57. The molecule has 0 saturated carbocycles. The number of rotatable bonds is 10. The number of hydrogen-bond acceptors (Lipinski definition) is 2. The van der Waals surface area contributed by atoms with Gasteiger partial charge in [0.2, 0.25) is 0 Å². The SMILES string of the molecule is N#CC(c1ccc(C(C#N)[P+](c2ccccc2)(c2ccccc2)c2ccccc2)cc1)[P+](c1ccccc1)(c1ccccc1)c1ccccc1. The number of nitrogens with zero attached hydrogens (tertiary/aromatic N) is 2. The Labute approximate surface area is 296 Å². The third-order valence-corrected chi connectivity index (χ3v) is 18.6. The van der Waals surface area contributed by atoms with Crippen LogP contribution >= 0.6 is 14.5 Å². The molecule has 0 bridgehead atoms. The molecule has 7 aromatic carbocycles. The van der Waals surface area contributed by atoms with Crippen molar-refractivity contribution in [2.75, 3.05) is 0 Å². The summed E-state index contributed by atoms with van der Waals surface area (Å²) in [6.45, 7) is 0. The monoisotopic (exact) mass is 678 g/mol. The van der Waals surface area contributed by atoms with Crippen LogP contribution in [0.15, 0.2) is 206 Å². The summed E-state index contributed by atoms with van der Waals surface area (Å²) in [7, 11) is -5.05. The van der Waals surface area contributed by atoms with Gasteiger partial charge >= 0.3 is 0 Å². The molecule has 7 rings (SSSR count). The highest BCUT2D eigenvalue weighted by Gasteiger charge is 2.55. The second-order valence-electron chi connectivity index (χ2n) is 12.2. The van der Waals surface area contributed by atoms with Gasteiger partial charge < -0.3 is 0 Å². The fraction of sp³-hybridized carbons (Fsp3) is 0.0435. The van der Waals surface area contributed by atoms with Gasteiger partial charge in [-0.1, -0.05) is 133 Å². The lowest BCUT2D eigenvalue weighted by Gasteiger charge is -2.32. The van der Waals surface area contributed by atoms with E-state index >= 15 is 0 Å². The van der Waals surface area contributed by atoms with E-state index in [9.17, 15) is 10.5 Å². The Balaban J connectivity index is 1.44. The van der Waals surface area contributed by atoms with Crippen LogP contribution in [0.5, 0.6) is 0 Å². The second-order valence-corrected chi connectivity index (χ2v) is 19.2. The topological polar surface area (TPSA) is 47.6 Å². The van der Waals surface area contributed by atoms with Crippen molar-refractivity contribution in [3.8, 4) is 12.1 Å². The molecule has 0 aliphatic carbocycles. The maximum Gasteiger partial charge on any atom is 0.193 e. The van der Waals surface area contributed by atoms with E-state index in [2.05, 4.69) is 182 Å². The molecular weight excluding hydrogens is 642 g/mol. The van der Waals surface area contributed by atoms with Crippen molar-refractivity contribution in [1.82, 2.24) is 0 Å². The normalized spacial score (nSPS) is 12.6. The largest absolute Gasteiger partial charge is 0.193 e. The van der Waals surface area contributed by atoms with Gasteiger partial charge in [0.1, 0.15) is 58.5 Å². The van der Waals surface area contributed by atoms with Crippen LogP contribution in [-0.4, -0.2) is 0 Å². The molecule has 0 spiro atoms. The zero-order chi connectivity index (χ0) is 34.2. The van der Waals surface area contributed by atoms with Crippen LogP contribution in [-0.2, 0) is 0 Å². The highest BCUT2D eigenvalue weighted by molar-refractivity contribution is 7.96. The zero-order valence-corrected chi connectivity index (χ0v) is 29.4. The average Bonchev–Trinajstić information content (AvgIpc) is 3.21. The fourth-order valence-corrected chi connectivity index (χ4v) is 16.4. The minimum atomic E-state index is -2.53. The Morgan fingerprint density at radius 3 is 0.620 bits per heavy atom. The molecule has 0 N–H and O–H groups in total. The summed E-state index contributed by atoms with van der Waals surface area (Å²) in [5.41, 5.74) is 0.976. The maximum absolute atomic E-state index is 11.2. The molecule has 2 nitrogen and oxygen atoms in total. The molecule has 0 heterocycles. The van der Waals surface area contributed by atoms with Gasteiger partial charge in [0, 0.05) is 11.1 Å². The lowest BCUT2D eigenvalue weighted by Crippen LogP contribution is -2.35. The molecule has 2 unspecified atom stereocenters. The van der Waals surface area contributed by atoms with Crippen molar-refractivity contribution in [3.63, 3.8) is 0 Å². The van der Waals surface area contributed by atoms with E-state index in [0.29, 0.717) is 0 Å². The van der Waals surface area contributed by atoms with Crippen LogP contribution < -0.4 is 31.8 Å². The summed E-state index contributed by atoms with van der Waals surface area (Å²) in [6, 6.07) is 77.3. The van der Waals surface area contributed by atoms with Crippen molar-refractivity contribution < 1.29 is 0 Å². The smallest absolute Gasteiger partial charge is 0.193 e. The van der Waals surface area contributed by atoms with Crippen LogP contribution in [0.2, 0.25) is 0 Å². The highest BCUT2D eigenvalue weighted by atomic mass is 31.2. The van der Waals surface area contributed by atoms with Crippen LogP contribution in [0.4, 0.5) is 0 Å². The third kappa shape index (κ3) is 5.75. The second kappa shape index (κ2) is 14.9. The summed E-state index contributed by atoms with van der Waals surface area (Å²) in [5, 5.41) is 29.4. The van der Waals surface area contributed by atoms with E-state index in [1.54, 1.807) is 0 Å². The van der Waals surface area contributed by atoms with Crippen LogP contribution in [0.3, 0.4) is 0 Å². The van der Waals surface area contributed by atoms with Gasteiger partial charge in [0.15, 0.2) is 11.3 Å². The predicted molar refractivity (Wildman–Crippen MR) is 213 cm³/mol. The fourth-order valence-electron chi connectivity index (χ4n) is 7.40. The lowest BCUT2D eigenvalue weighted by atomic mass is 10.1.